The van der Waals surface area contributed by atoms with Crippen molar-refractivity contribution >= 4 is 43.8 Å². The van der Waals surface area contributed by atoms with Crippen LogP contribution in [0.5, 0.6) is 11.5 Å². The molecule has 0 spiro atoms. The van der Waals surface area contributed by atoms with Gasteiger partial charge in [-0.25, -0.2) is 0 Å². The molecule has 1 aliphatic rings. The van der Waals surface area contributed by atoms with Crippen LogP contribution in [0.15, 0.2) is 81.8 Å². The second-order valence-corrected chi connectivity index (χ2v) is 10.4. The Balaban J connectivity index is 1.43. The number of nitrogens with zero attached hydrogens (tertiary/aromatic N) is 2. The third-order valence-corrected chi connectivity index (χ3v) is 7.33. The zero-order chi connectivity index (χ0) is 25.5. The molecule has 0 N–H and O–H groups in total. The fraction of sp³-hybridized carbons (Fsp3) is 0.276. The number of piperazine rings is 1. The van der Waals surface area contributed by atoms with Gasteiger partial charge in [-0.2, -0.15) is 0 Å². The zero-order valence-corrected chi connectivity index (χ0v) is 23.7. The number of halogens is 2. The summed E-state index contributed by atoms with van der Waals surface area (Å²) in [4.78, 5) is 17.3. The van der Waals surface area contributed by atoms with Gasteiger partial charge in [0.15, 0.2) is 11.5 Å². The van der Waals surface area contributed by atoms with E-state index in [0.29, 0.717) is 31.2 Å². The van der Waals surface area contributed by atoms with Gasteiger partial charge in [-0.1, -0.05) is 62.2 Å². The number of carbonyl (C=O) groups excluding carboxylic acids is 1. The molecule has 1 saturated heterocycles. The molecule has 0 aliphatic carbocycles. The first-order chi connectivity index (χ1) is 17.5. The van der Waals surface area contributed by atoms with Crippen LogP contribution in [0.4, 0.5) is 0 Å². The van der Waals surface area contributed by atoms with E-state index in [1.807, 2.05) is 36.1 Å². The minimum Gasteiger partial charge on any atom is -0.493 e. The number of carbonyl (C=O) groups is 1. The van der Waals surface area contributed by atoms with Crippen molar-refractivity contribution in [1.82, 2.24) is 9.80 Å². The van der Waals surface area contributed by atoms with E-state index in [1.165, 1.54) is 11.1 Å². The van der Waals surface area contributed by atoms with Gasteiger partial charge >= 0.3 is 0 Å². The summed E-state index contributed by atoms with van der Waals surface area (Å²) in [6.45, 7) is 5.46. The van der Waals surface area contributed by atoms with Crippen LogP contribution < -0.4 is 9.47 Å². The third kappa shape index (κ3) is 6.58. The molecular formula is C29H30Br2N2O3. The van der Waals surface area contributed by atoms with Gasteiger partial charge in [-0.05, 0) is 66.1 Å². The van der Waals surface area contributed by atoms with Gasteiger partial charge in [0.05, 0.1) is 19.8 Å². The first kappa shape index (κ1) is 26.5. The Morgan fingerprint density at radius 3 is 2.00 bits per heavy atom. The second kappa shape index (κ2) is 12.6. The average Bonchev–Trinajstić information content (AvgIpc) is 2.90. The molecule has 0 aromatic heterocycles. The van der Waals surface area contributed by atoms with Crippen LogP contribution in [-0.4, -0.2) is 55.6 Å². The number of methoxy groups -OCH3 is 1. The standard InChI is InChI=1S/C29H30Br2N2O3/c1-3-36-26-14-4-21(20-27(26)35-2)5-15-28(34)32-16-18-33(19-17-32)29(22-6-10-24(30)11-7-22)23-8-12-25(31)13-9-23/h4-15,20,29H,3,16-19H2,1-2H3. The summed E-state index contributed by atoms with van der Waals surface area (Å²) in [7, 11) is 1.62. The summed E-state index contributed by atoms with van der Waals surface area (Å²) in [6, 6.07) is 22.8. The lowest BCUT2D eigenvalue weighted by Gasteiger charge is -2.39. The Bertz CT molecular complexity index is 1140. The van der Waals surface area contributed by atoms with E-state index in [-0.39, 0.29) is 11.9 Å². The lowest BCUT2D eigenvalue weighted by molar-refractivity contribution is -0.127. The Hall–Kier alpha value is -2.61. The van der Waals surface area contributed by atoms with E-state index >= 15 is 0 Å². The van der Waals surface area contributed by atoms with Gasteiger partial charge in [0.25, 0.3) is 0 Å². The number of benzene rings is 3. The number of ether oxygens (including phenoxy) is 2. The van der Waals surface area contributed by atoms with Crippen LogP contribution in [0.1, 0.15) is 29.7 Å². The molecule has 1 amide bonds. The molecular weight excluding hydrogens is 584 g/mol. The van der Waals surface area contributed by atoms with Gasteiger partial charge in [0.2, 0.25) is 5.91 Å². The zero-order valence-electron chi connectivity index (χ0n) is 20.5. The quantitative estimate of drug-likeness (QED) is 0.270. The molecule has 36 heavy (non-hydrogen) atoms. The molecule has 5 nitrogen and oxygen atoms in total. The van der Waals surface area contributed by atoms with Crippen molar-refractivity contribution < 1.29 is 14.3 Å². The van der Waals surface area contributed by atoms with Crippen LogP contribution in [0.25, 0.3) is 6.08 Å². The van der Waals surface area contributed by atoms with Crippen molar-refractivity contribution in [3.8, 4) is 11.5 Å². The molecule has 3 aromatic carbocycles. The van der Waals surface area contributed by atoms with E-state index in [1.54, 1.807) is 13.2 Å². The smallest absolute Gasteiger partial charge is 0.246 e. The van der Waals surface area contributed by atoms with E-state index < -0.39 is 0 Å². The second-order valence-electron chi connectivity index (χ2n) is 8.54. The predicted octanol–water partition coefficient (Wildman–Crippen LogP) is 6.57. The van der Waals surface area contributed by atoms with Crippen molar-refractivity contribution in [2.45, 2.75) is 13.0 Å². The first-order valence-electron chi connectivity index (χ1n) is 12.0. The summed E-state index contributed by atoms with van der Waals surface area (Å²) >= 11 is 7.09. The molecule has 0 atom stereocenters. The molecule has 1 aliphatic heterocycles. The van der Waals surface area contributed by atoms with Crippen LogP contribution in [0, 0.1) is 0 Å². The van der Waals surface area contributed by atoms with Crippen LogP contribution in [0.2, 0.25) is 0 Å². The Labute approximate surface area is 230 Å². The lowest BCUT2D eigenvalue weighted by atomic mass is 9.96. The van der Waals surface area contributed by atoms with Gasteiger partial charge < -0.3 is 14.4 Å². The maximum atomic E-state index is 12.9. The maximum absolute atomic E-state index is 12.9. The van der Waals surface area contributed by atoms with Crippen LogP contribution in [0.3, 0.4) is 0 Å². The molecule has 188 valence electrons. The highest BCUT2D eigenvalue weighted by Gasteiger charge is 2.27. The summed E-state index contributed by atoms with van der Waals surface area (Å²) in [6.07, 6.45) is 3.48. The highest BCUT2D eigenvalue weighted by molar-refractivity contribution is 9.10. The molecule has 0 unspecified atom stereocenters. The van der Waals surface area contributed by atoms with Gasteiger partial charge in [0, 0.05) is 41.2 Å². The van der Waals surface area contributed by atoms with Crippen LogP contribution in [-0.2, 0) is 4.79 Å². The predicted molar refractivity (Wildman–Crippen MR) is 151 cm³/mol. The Morgan fingerprint density at radius 2 is 1.47 bits per heavy atom. The lowest BCUT2D eigenvalue weighted by Crippen LogP contribution is -2.49. The summed E-state index contributed by atoms with van der Waals surface area (Å²) in [5, 5.41) is 0. The minimum absolute atomic E-state index is 0.0198. The Morgan fingerprint density at radius 1 is 0.889 bits per heavy atom. The third-order valence-electron chi connectivity index (χ3n) is 6.27. The molecule has 3 aromatic rings. The summed E-state index contributed by atoms with van der Waals surface area (Å²) in [5.41, 5.74) is 3.38. The normalized spacial score (nSPS) is 14.4. The van der Waals surface area contributed by atoms with Crippen LogP contribution >= 0.6 is 31.9 Å². The topological polar surface area (TPSA) is 42.0 Å². The minimum atomic E-state index is 0.0198. The van der Waals surface area contributed by atoms with Crippen molar-refractivity contribution in [1.29, 1.82) is 0 Å². The number of rotatable bonds is 8. The highest BCUT2D eigenvalue weighted by atomic mass is 79.9. The Kier molecular flexibility index (Phi) is 9.24. The maximum Gasteiger partial charge on any atom is 0.246 e. The van der Waals surface area contributed by atoms with Gasteiger partial charge in [0.1, 0.15) is 0 Å². The first-order valence-corrected chi connectivity index (χ1v) is 13.6. The summed E-state index contributed by atoms with van der Waals surface area (Å²) in [5.74, 6) is 1.38. The average molecular weight is 614 g/mol. The number of hydrogen-bond donors (Lipinski definition) is 0. The molecule has 0 saturated carbocycles. The van der Waals surface area contributed by atoms with Crippen molar-refractivity contribution in [2.24, 2.45) is 0 Å². The van der Waals surface area contributed by atoms with Crippen molar-refractivity contribution in [3.63, 3.8) is 0 Å². The fourth-order valence-electron chi connectivity index (χ4n) is 4.44. The SMILES string of the molecule is CCOc1ccc(C=CC(=O)N2CCN(C(c3ccc(Br)cc3)c3ccc(Br)cc3)CC2)cc1OC. The largest absolute Gasteiger partial charge is 0.493 e. The van der Waals surface area contributed by atoms with Gasteiger partial charge in [-0.15, -0.1) is 0 Å². The molecule has 1 heterocycles. The van der Waals surface area contributed by atoms with Crippen molar-refractivity contribution in [2.75, 3.05) is 39.9 Å². The van der Waals surface area contributed by atoms with E-state index in [0.717, 1.165) is 27.6 Å². The molecule has 0 radical (unpaired) electrons. The van der Waals surface area contributed by atoms with E-state index in [2.05, 4.69) is 85.3 Å². The van der Waals surface area contributed by atoms with Crippen molar-refractivity contribution in [3.05, 3.63) is 98.4 Å². The molecule has 0 bridgehead atoms. The fourth-order valence-corrected chi connectivity index (χ4v) is 4.97. The van der Waals surface area contributed by atoms with E-state index in [4.69, 9.17) is 9.47 Å². The molecule has 4 rings (SSSR count). The highest BCUT2D eigenvalue weighted by Crippen LogP contribution is 2.32. The summed E-state index contributed by atoms with van der Waals surface area (Å²) < 4.78 is 13.1. The molecule has 1 fully saturated rings. The van der Waals surface area contributed by atoms with Gasteiger partial charge in [-0.3, -0.25) is 9.69 Å². The monoisotopic (exact) mass is 612 g/mol. The van der Waals surface area contributed by atoms with E-state index in [9.17, 15) is 4.79 Å². The number of hydrogen-bond acceptors (Lipinski definition) is 4. The molecule has 7 heteroatoms. The number of amides is 1.